The van der Waals surface area contributed by atoms with Crippen LogP contribution >= 0.6 is 0 Å². The number of carboxylic acids is 1. The van der Waals surface area contributed by atoms with E-state index in [1.165, 1.54) is 12.1 Å². The van der Waals surface area contributed by atoms with Gasteiger partial charge in [-0.25, -0.2) is 4.39 Å². The zero-order chi connectivity index (χ0) is 12.2. The van der Waals surface area contributed by atoms with Crippen LogP contribution in [0.5, 0.6) is 0 Å². The first kappa shape index (κ1) is 10.8. The minimum atomic E-state index is -0.720. The van der Waals surface area contributed by atoms with Crippen molar-refractivity contribution in [3.63, 3.8) is 0 Å². The normalized spacial score (nSPS) is 34.5. The number of carbonyl (C=O) groups is 1. The van der Waals surface area contributed by atoms with E-state index in [1.807, 2.05) is 6.92 Å². The predicted molar refractivity (Wildman–Crippen MR) is 61.3 cm³/mol. The third-order valence-corrected chi connectivity index (χ3v) is 4.66. The lowest BCUT2D eigenvalue weighted by Crippen LogP contribution is -2.48. The molecule has 2 nitrogen and oxygen atoms in total. The predicted octanol–water partition coefficient (Wildman–Crippen LogP) is 2.89. The Morgan fingerprint density at radius 1 is 1.53 bits per heavy atom. The fourth-order valence-corrected chi connectivity index (χ4v) is 3.95. The molecule has 0 radical (unpaired) electrons. The minimum Gasteiger partial charge on any atom is -0.481 e. The zero-order valence-electron chi connectivity index (χ0n) is 9.74. The molecule has 3 unspecified atom stereocenters. The molecule has 90 valence electrons. The van der Waals surface area contributed by atoms with Crippen LogP contribution in [-0.2, 0) is 10.2 Å². The molecule has 0 saturated heterocycles. The first-order valence-corrected chi connectivity index (χ1v) is 6.04. The molecule has 3 saturated carbocycles. The van der Waals surface area contributed by atoms with Crippen molar-refractivity contribution in [3.8, 4) is 0 Å². The maximum Gasteiger partial charge on any atom is 0.307 e. The molecule has 17 heavy (non-hydrogen) atoms. The maximum atomic E-state index is 13.4. The summed E-state index contributed by atoms with van der Waals surface area (Å²) in [5.41, 5.74) is 1.64. The first-order valence-electron chi connectivity index (χ1n) is 6.04. The van der Waals surface area contributed by atoms with Crippen molar-refractivity contribution in [1.82, 2.24) is 0 Å². The van der Waals surface area contributed by atoms with Crippen LogP contribution in [0.2, 0.25) is 0 Å². The summed E-state index contributed by atoms with van der Waals surface area (Å²) in [5, 5.41) is 9.31. The van der Waals surface area contributed by atoms with Crippen LogP contribution in [0.1, 0.15) is 30.4 Å². The van der Waals surface area contributed by atoms with E-state index in [9.17, 15) is 14.3 Å². The van der Waals surface area contributed by atoms with Gasteiger partial charge in [0.05, 0.1) is 5.92 Å². The number of aryl methyl sites for hydroxylation is 1. The Labute approximate surface area is 99.5 Å². The van der Waals surface area contributed by atoms with Crippen molar-refractivity contribution in [2.75, 3.05) is 0 Å². The standard InChI is InChI=1S/C14H15FO2/c1-8-2-3-10(15)6-11(8)14-5-4-9(7-14)12(14)13(16)17/h2-3,6,9,12H,4-5,7H2,1H3,(H,16,17). The van der Waals surface area contributed by atoms with E-state index in [1.54, 1.807) is 6.07 Å². The van der Waals surface area contributed by atoms with Gasteiger partial charge in [0.1, 0.15) is 5.82 Å². The fourth-order valence-electron chi connectivity index (χ4n) is 3.95. The molecule has 0 amide bonds. The number of hydrogen-bond acceptors (Lipinski definition) is 1. The van der Waals surface area contributed by atoms with Crippen molar-refractivity contribution in [2.24, 2.45) is 11.8 Å². The number of rotatable bonds is 2. The van der Waals surface area contributed by atoms with E-state index in [2.05, 4.69) is 0 Å². The second-order valence-corrected chi connectivity index (χ2v) is 5.43. The lowest BCUT2D eigenvalue weighted by atomic mass is 9.56. The molecule has 0 heterocycles. The number of carboxylic acid groups (broad SMARTS) is 1. The SMILES string of the molecule is Cc1ccc(F)cc1C12CCC(C1)C2C(=O)O. The Morgan fingerprint density at radius 2 is 2.29 bits per heavy atom. The lowest BCUT2D eigenvalue weighted by Gasteiger charge is -2.46. The van der Waals surface area contributed by atoms with Crippen molar-refractivity contribution >= 4 is 5.97 Å². The van der Waals surface area contributed by atoms with Crippen LogP contribution in [0.4, 0.5) is 4.39 Å². The molecule has 0 spiro atoms. The van der Waals surface area contributed by atoms with Crippen LogP contribution in [0, 0.1) is 24.6 Å². The largest absolute Gasteiger partial charge is 0.481 e. The average Bonchev–Trinajstić information content (AvgIpc) is 2.79. The molecule has 1 aromatic rings. The summed E-state index contributed by atoms with van der Waals surface area (Å²) >= 11 is 0. The number of benzene rings is 1. The molecule has 3 fully saturated rings. The summed E-state index contributed by atoms with van der Waals surface area (Å²) in [5.74, 6) is -0.986. The van der Waals surface area contributed by atoms with E-state index in [0.29, 0.717) is 5.92 Å². The quantitative estimate of drug-likeness (QED) is 0.854. The summed E-state index contributed by atoms with van der Waals surface area (Å²) in [6.45, 7) is 1.94. The molecule has 3 atom stereocenters. The summed E-state index contributed by atoms with van der Waals surface area (Å²) in [4.78, 5) is 11.3. The fraction of sp³-hybridized carbons (Fsp3) is 0.500. The van der Waals surface area contributed by atoms with Crippen molar-refractivity contribution < 1.29 is 14.3 Å². The van der Waals surface area contributed by atoms with Gasteiger partial charge in [-0.2, -0.15) is 0 Å². The maximum absolute atomic E-state index is 13.4. The van der Waals surface area contributed by atoms with Gasteiger partial charge in [0, 0.05) is 5.41 Å². The average molecular weight is 234 g/mol. The number of hydrogen-bond donors (Lipinski definition) is 1. The molecule has 3 aliphatic carbocycles. The molecule has 0 aliphatic heterocycles. The van der Waals surface area contributed by atoms with Gasteiger partial charge in [0.15, 0.2) is 0 Å². The molecule has 1 aromatic carbocycles. The van der Waals surface area contributed by atoms with Crippen LogP contribution in [0.15, 0.2) is 18.2 Å². The van der Waals surface area contributed by atoms with Crippen LogP contribution < -0.4 is 0 Å². The number of halogens is 1. The third-order valence-electron chi connectivity index (χ3n) is 4.66. The van der Waals surface area contributed by atoms with Crippen molar-refractivity contribution in [3.05, 3.63) is 35.1 Å². The van der Waals surface area contributed by atoms with Crippen LogP contribution in [-0.4, -0.2) is 11.1 Å². The molecule has 2 bridgehead atoms. The van der Waals surface area contributed by atoms with Crippen LogP contribution in [0.3, 0.4) is 0 Å². The first-order chi connectivity index (χ1) is 8.04. The highest BCUT2D eigenvalue weighted by atomic mass is 19.1. The Morgan fingerprint density at radius 3 is 2.94 bits per heavy atom. The Hall–Kier alpha value is -1.38. The molecular formula is C14H15FO2. The van der Waals surface area contributed by atoms with E-state index < -0.39 is 5.97 Å². The van der Waals surface area contributed by atoms with E-state index in [0.717, 1.165) is 30.4 Å². The van der Waals surface area contributed by atoms with Gasteiger partial charge in [0.25, 0.3) is 0 Å². The van der Waals surface area contributed by atoms with Crippen LogP contribution in [0.25, 0.3) is 0 Å². The molecule has 4 rings (SSSR count). The molecule has 3 heteroatoms. The zero-order valence-corrected chi connectivity index (χ0v) is 9.74. The second-order valence-electron chi connectivity index (χ2n) is 5.43. The van der Waals surface area contributed by atoms with E-state index in [-0.39, 0.29) is 17.2 Å². The van der Waals surface area contributed by atoms with Crippen molar-refractivity contribution in [1.29, 1.82) is 0 Å². The molecular weight excluding hydrogens is 219 g/mol. The van der Waals surface area contributed by atoms with E-state index in [4.69, 9.17) is 0 Å². The Balaban J connectivity index is 2.09. The summed E-state index contributed by atoms with van der Waals surface area (Å²) in [7, 11) is 0. The number of aliphatic carboxylic acids is 1. The summed E-state index contributed by atoms with van der Waals surface area (Å²) in [6.07, 6.45) is 2.76. The lowest BCUT2D eigenvalue weighted by molar-refractivity contribution is -0.150. The van der Waals surface area contributed by atoms with Gasteiger partial charge in [-0.1, -0.05) is 6.07 Å². The van der Waals surface area contributed by atoms with Gasteiger partial charge in [-0.05, 0) is 55.4 Å². The molecule has 0 aromatic heterocycles. The monoisotopic (exact) mass is 234 g/mol. The van der Waals surface area contributed by atoms with Gasteiger partial charge >= 0.3 is 5.97 Å². The summed E-state index contributed by atoms with van der Waals surface area (Å²) < 4.78 is 13.4. The highest BCUT2D eigenvalue weighted by Crippen LogP contribution is 2.64. The van der Waals surface area contributed by atoms with E-state index >= 15 is 0 Å². The van der Waals surface area contributed by atoms with Crippen molar-refractivity contribution in [2.45, 2.75) is 31.6 Å². The van der Waals surface area contributed by atoms with Gasteiger partial charge in [-0.3, -0.25) is 4.79 Å². The molecule has 1 N–H and O–H groups in total. The second kappa shape index (κ2) is 3.31. The summed E-state index contributed by atoms with van der Waals surface area (Å²) in [6, 6.07) is 4.73. The van der Waals surface area contributed by atoms with Gasteiger partial charge in [0.2, 0.25) is 0 Å². The highest BCUT2D eigenvalue weighted by molar-refractivity contribution is 5.76. The van der Waals surface area contributed by atoms with Gasteiger partial charge < -0.3 is 5.11 Å². The minimum absolute atomic E-state index is 0.264. The molecule has 3 aliphatic rings. The third kappa shape index (κ3) is 1.28. The Kier molecular flexibility index (Phi) is 2.09. The Bertz CT molecular complexity index is 493. The number of fused-ring (bicyclic) bond motifs is 1. The smallest absolute Gasteiger partial charge is 0.307 e. The highest BCUT2D eigenvalue weighted by Gasteiger charge is 2.63. The van der Waals surface area contributed by atoms with Gasteiger partial charge in [-0.15, -0.1) is 0 Å². The topological polar surface area (TPSA) is 37.3 Å².